The molecular formula is C9H17N5O. The summed E-state index contributed by atoms with van der Waals surface area (Å²) in [7, 11) is 1.74. The molecule has 3 unspecified atom stereocenters. The molecule has 1 aliphatic rings. The molecule has 15 heavy (non-hydrogen) atoms. The Kier molecular flexibility index (Phi) is 2.97. The van der Waals surface area contributed by atoms with E-state index in [1.807, 2.05) is 11.6 Å². The summed E-state index contributed by atoms with van der Waals surface area (Å²) in [5.74, 6) is 0.740. The van der Waals surface area contributed by atoms with E-state index in [1.165, 1.54) is 0 Å². The van der Waals surface area contributed by atoms with Gasteiger partial charge in [-0.15, -0.1) is 5.10 Å². The van der Waals surface area contributed by atoms with Crippen LogP contribution in [0.15, 0.2) is 0 Å². The zero-order valence-electron chi connectivity index (χ0n) is 9.13. The van der Waals surface area contributed by atoms with Crippen LogP contribution in [0, 0.1) is 0 Å². The average Bonchev–Trinajstić information content (AvgIpc) is 2.85. The highest BCUT2D eigenvalue weighted by Crippen LogP contribution is 2.32. The fourth-order valence-corrected chi connectivity index (χ4v) is 2.20. The van der Waals surface area contributed by atoms with Crippen molar-refractivity contribution >= 4 is 0 Å². The topological polar surface area (TPSA) is 78.8 Å². The van der Waals surface area contributed by atoms with Crippen molar-refractivity contribution in [3.8, 4) is 0 Å². The van der Waals surface area contributed by atoms with Crippen molar-refractivity contribution in [3.63, 3.8) is 0 Å². The summed E-state index contributed by atoms with van der Waals surface area (Å²) in [6.07, 6.45) is 3.50. The van der Waals surface area contributed by atoms with Crippen molar-refractivity contribution in [2.24, 2.45) is 5.73 Å². The Hall–Kier alpha value is -1.01. The summed E-state index contributed by atoms with van der Waals surface area (Å²) in [4.78, 5) is 0. The molecule has 1 aromatic heterocycles. The Morgan fingerprint density at radius 2 is 2.33 bits per heavy atom. The molecular weight excluding hydrogens is 194 g/mol. The molecule has 0 bridgehead atoms. The first kappa shape index (κ1) is 10.5. The summed E-state index contributed by atoms with van der Waals surface area (Å²) < 4.78 is 7.25. The number of ether oxygens (including phenoxy) is 1. The number of aromatic nitrogens is 4. The first-order chi connectivity index (χ1) is 7.24. The molecule has 6 heteroatoms. The van der Waals surface area contributed by atoms with Gasteiger partial charge >= 0.3 is 0 Å². The van der Waals surface area contributed by atoms with E-state index < -0.39 is 0 Å². The molecule has 0 amide bonds. The number of hydrogen-bond donors (Lipinski definition) is 1. The van der Waals surface area contributed by atoms with Gasteiger partial charge in [0.05, 0.1) is 18.2 Å². The third-order valence-corrected chi connectivity index (χ3v) is 2.96. The minimum absolute atomic E-state index is 0.141. The molecule has 1 heterocycles. The summed E-state index contributed by atoms with van der Waals surface area (Å²) in [5, 5.41) is 11.6. The van der Waals surface area contributed by atoms with E-state index in [1.54, 1.807) is 7.11 Å². The lowest BCUT2D eigenvalue weighted by Gasteiger charge is -2.19. The second kappa shape index (κ2) is 4.24. The van der Waals surface area contributed by atoms with Crippen LogP contribution in [0.25, 0.3) is 0 Å². The van der Waals surface area contributed by atoms with Gasteiger partial charge in [-0.2, -0.15) is 0 Å². The molecule has 0 spiro atoms. The van der Waals surface area contributed by atoms with Gasteiger partial charge in [-0.1, -0.05) is 0 Å². The Morgan fingerprint density at radius 3 is 3.00 bits per heavy atom. The van der Waals surface area contributed by atoms with Gasteiger partial charge in [0.15, 0.2) is 5.82 Å². The second-order valence-electron chi connectivity index (χ2n) is 4.04. The Labute approximate surface area is 88.8 Å². The number of nitrogens with zero attached hydrogens (tertiary/aromatic N) is 4. The van der Waals surface area contributed by atoms with Crippen LogP contribution in [0.5, 0.6) is 0 Å². The highest BCUT2D eigenvalue weighted by molar-refractivity contribution is 4.94. The SMILES string of the molecule is COC1CCCC1n1nnnc1C(C)N. The van der Waals surface area contributed by atoms with Crippen LogP contribution in [-0.2, 0) is 4.74 Å². The largest absolute Gasteiger partial charge is 0.379 e. The quantitative estimate of drug-likeness (QED) is 0.784. The lowest BCUT2D eigenvalue weighted by Crippen LogP contribution is -2.25. The van der Waals surface area contributed by atoms with Gasteiger partial charge in [0.1, 0.15) is 0 Å². The minimum Gasteiger partial charge on any atom is -0.379 e. The molecule has 6 nitrogen and oxygen atoms in total. The average molecular weight is 211 g/mol. The van der Waals surface area contributed by atoms with Crippen LogP contribution < -0.4 is 5.73 Å². The van der Waals surface area contributed by atoms with Gasteiger partial charge in [-0.25, -0.2) is 4.68 Å². The predicted molar refractivity (Wildman–Crippen MR) is 54.1 cm³/mol. The first-order valence-electron chi connectivity index (χ1n) is 5.30. The van der Waals surface area contributed by atoms with E-state index in [0.29, 0.717) is 0 Å². The monoisotopic (exact) mass is 211 g/mol. The number of rotatable bonds is 3. The molecule has 3 atom stereocenters. The number of methoxy groups -OCH3 is 1. The number of nitrogens with two attached hydrogens (primary N) is 1. The normalized spacial score (nSPS) is 28.2. The Morgan fingerprint density at radius 1 is 1.53 bits per heavy atom. The molecule has 0 radical (unpaired) electrons. The van der Waals surface area contributed by atoms with Gasteiger partial charge in [-0.05, 0) is 36.6 Å². The van der Waals surface area contributed by atoms with Crippen molar-refractivity contribution in [2.75, 3.05) is 7.11 Å². The van der Waals surface area contributed by atoms with Crippen LogP contribution >= 0.6 is 0 Å². The standard InChI is InChI=1S/C9H17N5O/c1-6(10)9-11-12-13-14(9)7-4-3-5-8(7)15-2/h6-8H,3-5,10H2,1-2H3. The molecule has 0 saturated heterocycles. The minimum atomic E-state index is -0.141. The van der Waals surface area contributed by atoms with E-state index in [2.05, 4.69) is 15.5 Å². The highest BCUT2D eigenvalue weighted by Gasteiger charge is 2.31. The third kappa shape index (κ3) is 1.87. The van der Waals surface area contributed by atoms with E-state index in [4.69, 9.17) is 10.5 Å². The van der Waals surface area contributed by atoms with Crippen LogP contribution in [0.2, 0.25) is 0 Å². The van der Waals surface area contributed by atoms with E-state index in [9.17, 15) is 0 Å². The molecule has 1 aliphatic carbocycles. The molecule has 0 aromatic carbocycles. The van der Waals surface area contributed by atoms with Gasteiger partial charge in [0.2, 0.25) is 0 Å². The molecule has 1 aromatic rings. The third-order valence-electron chi connectivity index (χ3n) is 2.96. The highest BCUT2D eigenvalue weighted by atomic mass is 16.5. The maximum atomic E-state index is 5.81. The smallest absolute Gasteiger partial charge is 0.168 e. The predicted octanol–water partition coefficient (Wildman–Crippen LogP) is 0.433. The fourth-order valence-electron chi connectivity index (χ4n) is 2.20. The van der Waals surface area contributed by atoms with E-state index in [0.717, 1.165) is 25.1 Å². The Balaban J connectivity index is 2.24. The summed E-state index contributed by atoms with van der Waals surface area (Å²) >= 11 is 0. The summed E-state index contributed by atoms with van der Waals surface area (Å²) in [6, 6.07) is 0.101. The Bertz CT molecular complexity index is 324. The van der Waals surface area contributed by atoms with Crippen LogP contribution in [0.1, 0.15) is 44.1 Å². The molecule has 0 aliphatic heterocycles. The van der Waals surface area contributed by atoms with Crippen LogP contribution in [-0.4, -0.2) is 33.4 Å². The maximum absolute atomic E-state index is 5.81. The van der Waals surface area contributed by atoms with Crippen LogP contribution in [0.4, 0.5) is 0 Å². The van der Waals surface area contributed by atoms with Crippen molar-refractivity contribution < 1.29 is 4.74 Å². The van der Waals surface area contributed by atoms with Gasteiger partial charge in [0, 0.05) is 7.11 Å². The van der Waals surface area contributed by atoms with Gasteiger partial charge in [0.25, 0.3) is 0 Å². The van der Waals surface area contributed by atoms with Crippen molar-refractivity contribution in [1.29, 1.82) is 0 Å². The summed E-state index contributed by atoms with van der Waals surface area (Å²) in [6.45, 7) is 1.89. The van der Waals surface area contributed by atoms with Gasteiger partial charge in [-0.3, -0.25) is 0 Å². The van der Waals surface area contributed by atoms with Crippen LogP contribution in [0.3, 0.4) is 0 Å². The lowest BCUT2D eigenvalue weighted by atomic mass is 10.2. The zero-order valence-corrected chi connectivity index (χ0v) is 9.13. The van der Waals surface area contributed by atoms with Gasteiger partial charge < -0.3 is 10.5 Å². The van der Waals surface area contributed by atoms with Crippen molar-refractivity contribution in [3.05, 3.63) is 5.82 Å². The summed E-state index contributed by atoms with van der Waals surface area (Å²) in [5.41, 5.74) is 5.81. The number of hydrogen-bond acceptors (Lipinski definition) is 5. The van der Waals surface area contributed by atoms with E-state index >= 15 is 0 Å². The van der Waals surface area contributed by atoms with E-state index in [-0.39, 0.29) is 18.2 Å². The molecule has 84 valence electrons. The number of tetrazole rings is 1. The van der Waals surface area contributed by atoms with Crippen molar-refractivity contribution in [1.82, 2.24) is 20.2 Å². The zero-order chi connectivity index (χ0) is 10.8. The maximum Gasteiger partial charge on any atom is 0.168 e. The fraction of sp³-hybridized carbons (Fsp3) is 0.889. The molecule has 2 rings (SSSR count). The first-order valence-corrected chi connectivity index (χ1v) is 5.30. The lowest BCUT2D eigenvalue weighted by molar-refractivity contribution is 0.0688. The molecule has 1 fully saturated rings. The molecule has 2 N–H and O–H groups in total. The molecule has 1 saturated carbocycles. The van der Waals surface area contributed by atoms with Crippen molar-refractivity contribution in [2.45, 2.75) is 44.4 Å². The second-order valence-corrected chi connectivity index (χ2v) is 4.04.